The van der Waals surface area contributed by atoms with E-state index in [1.165, 1.54) is 17.8 Å². The Balaban J connectivity index is 1.86. The number of amides is 2. The first-order chi connectivity index (χ1) is 14.0. The first-order valence-electron chi connectivity index (χ1n) is 8.83. The number of hydrogen-bond donors (Lipinski definition) is 1. The van der Waals surface area contributed by atoms with Gasteiger partial charge in [-0.3, -0.25) is 14.3 Å². The van der Waals surface area contributed by atoms with E-state index >= 15 is 0 Å². The molecule has 1 aliphatic heterocycles. The highest BCUT2D eigenvalue weighted by atomic mass is 19.4. The van der Waals surface area contributed by atoms with Gasteiger partial charge in [0.1, 0.15) is 17.3 Å². The average molecular weight is 428 g/mol. The molecular formula is C19H17F5N4O2. The molecule has 11 heteroatoms. The van der Waals surface area contributed by atoms with Gasteiger partial charge in [-0.25, -0.2) is 8.78 Å². The Hall–Kier alpha value is -3.24. The number of benzene rings is 1. The minimum atomic E-state index is -4.99. The second-order valence-corrected chi connectivity index (χ2v) is 6.82. The molecule has 0 radical (unpaired) electrons. The predicted molar refractivity (Wildman–Crippen MR) is 97.4 cm³/mol. The molecule has 2 amide bonds. The quantitative estimate of drug-likeness (QED) is 0.761. The Morgan fingerprint density at radius 3 is 2.40 bits per heavy atom. The highest BCUT2D eigenvalue weighted by Crippen LogP contribution is 2.30. The number of alkyl halides is 3. The van der Waals surface area contributed by atoms with E-state index in [9.17, 15) is 31.5 Å². The van der Waals surface area contributed by atoms with Crippen molar-refractivity contribution < 1.29 is 31.5 Å². The number of aromatic nitrogens is 2. The molecule has 30 heavy (non-hydrogen) atoms. The fourth-order valence-electron chi connectivity index (χ4n) is 3.17. The van der Waals surface area contributed by atoms with Crippen molar-refractivity contribution in [1.29, 1.82) is 0 Å². The third kappa shape index (κ3) is 4.19. The van der Waals surface area contributed by atoms with Crippen LogP contribution in [0.2, 0.25) is 0 Å². The molecule has 3 rings (SSSR count). The zero-order valence-electron chi connectivity index (χ0n) is 16.0. The lowest BCUT2D eigenvalue weighted by Crippen LogP contribution is -2.44. The number of para-hydroxylation sites is 1. The minimum Gasteiger partial charge on any atom is -0.330 e. The van der Waals surface area contributed by atoms with Gasteiger partial charge in [-0.15, -0.1) is 0 Å². The lowest BCUT2D eigenvalue weighted by Gasteiger charge is -2.30. The third-order valence-electron chi connectivity index (χ3n) is 4.77. The molecule has 0 bridgehead atoms. The second kappa shape index (κ2) is 7.88. The van der Waals surface area contributed by atoms with E-state index in [4.69, 9.17) is 0 Å². The Labute approximate surface area is 168 Å². The summed E-state index contributed by atoms with van der Waals surface area (Å²) >= 11 is 0. The molecule has 6 nitrogen and oxygen atoms in total. The summed E-state index contributed by atoms with van der Waals surface area (Å²) in [6.45, 7) is 1.34. The molecule has 0 saturated heterocycles. The zero-order chi connectivity index (χ0) is 22.2. The van der Waals surface area contributed by atoms with Crippen molar-refractivity contribution in [1.82, 2.24) is 14.7 Å². The van der Waals surface area contributed by atoms with Crippen molar-refractivity contribution in [2.24, 2.45) is 7.05 Å². The third-order valence-corrected chi connectivity index (χ3v) is 4.77. The summed E-state index contributed by atoms with van der Waals surface area (Å²) in [5.41, 5.74) is 0.673. The molecule has 160 valence electrons. The van der Waals surface area contributed by atoms with Crippen LogP contribution in [0, 0.1) is 11.6 Å². The van der Waals surface area contributed by atoms with E-state index in [2.05, 4.69) is 10.4 Å². The Bertz CT molecular complexity index is 1020. The Morgan fingerprint density at radius 2 is 1.80 bits per heavy atom. The fourth-order valence-corrected chi connectivity index (χ4v) is 3.17. The van der Waals surface area contributed by atoms with Crippen LogP contribution < -0.4 is 5.32 Å². The smallest absolute Gasteiger partial charge is 0.330 e. The van der Waals surface area contributed by atoms with Crippen LogP contribution in [0.5, 0.6) is 0 Å². The van der Waals surface area contributed by atoms with Crippen molar-refractivity contribution in [3.05, 3.63) is 52.9 Å². The van der Waals surface area contributed by atoms with Crippen LogP contribution in [0.25, 0.3) is 5.57 Å². The number of hydrogen-bond acceptors (Lipinski definition) is 3. The van der Waals surface area contributed by atoms with E-state index in [1.54, 1.807) is 6.92 Å². The number of rotatable bonds is 3. The Morgan fingerprint density at radius 1 is 1.17 bits per heavy atom. The van der Waals surface area contributed by atoms with Gasteiger partial charge in [0.2, 0.25) is 0 Å². The summed E-state index contributed by atoms with van der Waals surface area (Å²) in [5.74, 6) is -4.76. The number of nitrogens with zero attached hydrogens (tertiary/aromatic N) is 3. The maximum absolute atomic E-state index is 13.8. The van der Waals surface area contributed by atoms with E-state index in [1.807, 2.05) is 0 Å². The van der Waals surface area contributed by atoms with E-state index in [0.717, 1.165) is 23.8 Å². The van der Waals surface area contributed by atoms with Crippen molar-refractivity contribution in [2.75, 3.05) is 18.4 Å². The highest BCUT2D eigenvalue weighted by molar-refractivity contribution is 6.03. The standard InChI is InChI=1S/C19H17F5N4O2/c1-10-6-7-28(18(30)19(22,23)24)9-11(10)15-8-14(26-27(15)2)17(29)25-16-12(20)4-3-5-13(16)21/h3-5,8H,6-7,9H2,1-2H3,(H,25,29). The molecule has 0 saturated carbocycles. The SMILES string of the molecule is CC1=C(c2cc(C(=O)Nc3c(F)cccc3F)nn2C)CN(C(=O)C(F)(F)F)CC1. The fraction of sp³-hybridized carbons (Fsp3) is 0.316. The van der Waals surface area contributed by atoms with Gasteiger partial charge in [0, 0.05) is 20.1 Å². The van der Waals surface area contributed by atoms with E-state index in [0.29, 0.717) is 16.2 Å². The first kappa shape index (κ1) is 21.5. The second-order valence-electron chi connectivity index (χ2n) is 6.82. The van der Waals surface area contributed by atoms with Gasteiger partial charge >= 0.3 is 12.1 Å². The van der Waals surface area contributed by atoms with Crippen molar-refractivity contribution in [2.45, 2.75) is 19.5 Å². The van der Waals surface area contributed by atoms with Crippen LogP contribution in [0.1, 0.15) is 29.5 Å². The van der Waals surface area contributed by atoms with Gasteiger partial charge in [0.05, 0.1) is 5.69 Å². The van der Waals surface area contributed by atoms with Gasteiger partial charge in [0.15, 0.2) is 5.69 Å². The van der Waals surface area contributed by atoms with Crippen LogP contribution >= 0.6 is 0 Å². The summed E-state index contributed by atoms with van der Waals surface area (Å²) in [5, 5.41) is 6.10. The lowest BCUT2D eigenvalue weighted by atomic mass is 9.98. The van der Waals surface area contributed by atoms with Crippen LogP contribution in [-0.4, -0.2) is 45.8 Å². The number of aryl methyl sites for hydroxylation is 1. The topological polar surface area (TPSA) is 67.2 Å². The summed E-state index contributed by atoms with van der Waals surface area (Å²) in [4.78, 5) is 24.7. The molecule has 1 aromatic carbocycles. The number of halogens is 5. The van der Waals surface area contributed by atoms with Crippen molar-refractivity contribution >= 4 is 23.1 Å². The monoisotopic (exact) mass is 428 g/mol. The van der Waals surface area contributed by atoms with E-state index in [-0.39, 0.29) is 25.2 Å². The van der Waals surface area contributed by atoms with Crippen LogP contribution in [0.3, 0.4) is 0 Å². The molecular weight excluding hydrogens is 411 g/mol. The van der Waals surface area contributed by atoms with Gasteiger partial charge < -0.3 is 10.2 Å². The zero-order valence-corrected chi connectivity index (χ0v) is 16.0. The average Bonchev–Trinajstić information content (AvgIpc) is 3.05. The van der Waals surface area contributed by atoms with Crippen LogP contribution in [0.4, 0.5) is 27.6 Å². The molecule has 1 aromatic heterocycles. The van der Waals surface area contributed by atoms with Crippen LogP contribution in [0.15, 0.2) is 29.8 Å². The highest BCUT2D eigenvalue weighted by Gasteiger charge is 2.43. The minimum absolute atomic E-state index is 0.0779. The largest absolute Gasteiger partial charge is 0.471 e. The molecule has 1 N–H and O–H groups in total. The Kier molecular flexibility index (Phi) is 5.64. The lowest BCUT2D eigenvalue weighted by molar-refractivity contribution is -0.184. The molecule has 1 aliphatic rings. The van der Waals surface area contributed by atoms with E-state index < -0.39 is 35.3 Å². The molecule has 0 unspecified atom stereocenters. The molecule has 0 fully saturated rings. The summed E-state index contributed by atoms with van der Waals surface area (Å²) in [6, 6.07) is 4.40. The van der Waals surface area contributed by atoms with Crippen molar-refractivity contribution in [3.8, 4) is 0 Å². The maximum atomic E-state index is 13.8. The summed E-state index contributed by atoms with van der Waals surface area (Å²) in [7, 11) is 1.47. The normalized spacial score (nSPS) is 14.8. The van der Waals surface area contributed by atoms with Crippen LogP contribution in [-0.2, 0) is 11.8 Å². The molecule has 0 aliphatic carbocycles. The predicted octanol–water partition coefficient (Wildman–Crippen LogP) is 3.52. The summed E-state index contributed by atoms with van der Waals surface area (Å²) < 4.78 is 67.1. The van der Waals surface area contributed by atoms with Gasteiger partial charge in [0.25, 0.3) is 5.91 Å². The molecule has 2 aromatic rings. The number of carbonyl (C=O) groups excluding carboxylic acids is 2. The summed E-state index contributed by atoms with van der Waals surface area (Å²) in [6.07, 6.45) is -4.76. The molecule has 0 atom stereocenters. The van der Waals surface area contributed by atoms with Gasteiger partial charge in [-0.2, -0.15) is 18.3 Å². The number of nitrogens with one attached hydrogen (secondary N) is 1. The number of anilines is 1. The van der Waals surface area contributed by atoms with Gasteiger partial charge in [-0.1, -0.05) is 11.6 Å². The van der Waals surface area contributed by atoms with Crippen molar-refractivity contribution in [3.63, 3.8) is 0 Å². The first-order valence-corrected chi connectivity index (χ1v) is 8.83. The number of carbonyl (C=O) groups is 2. The molecule has 0 spiro atoms. The maximum Gasteiger partial charge on any atom is 0.471 e. The molecule has 2 heterocycles. The van der Waals surface area contributed by atoms with Gasteiger partial charge in [-0.05, 0) is 37.1 Å².